The van der Waals surface area contributed by atoms with Crippen LogP contribution in [0.4, 0.5) is 10.7 Å². The Kier molecular flexibility index (Phi) is 5.90. The van der Waals surface area contributed by atoms with Gasteiger partial charge < -0.3 is 19.8 Å². The first kappa shape index (κ1) is 19.6. The molecule has 1 aliphatic carbocycles. The Balaban J connectivity index is 1.61. The van der Waals surface area contributed by atoms with E-state index in [4.69, 9.17) is 9.15 Å². The number of fused-ring (bicyclic) bond motifs is 1. The lowest BCUT2D eigenvalue weighted by molar-refractivity contribution is 0.102. The van der Waals surface area contributed by atoms with E-state index in [0.29, 0.717) is 24.6 Å². The first-order chi connectivity index (χ1) is 14.2. The fourth-order valence-electron chi connectivity index (χ4n) is 3.71. The molecule has 4 rings (SSSR count). The van der Waals surface area contributed by atoms with Gasteiger partial charge in [0.25, 0.3) is 5.91 Å². The molecule has 1 aliphatic rings. The summed E-state index contributed by atoms with van der Waals surface area (Å²) in [7, 11) is 0. The van der Waals surface area contributed by atoms with Crippen molar-refractivity contribution in [2.45, 2.75) is 46.1 Å². The van der Waals surface area contributed by atoms with Crippen molar-refractivity contribution < 1.29 is 13.9 Å². The van der Waals surface area contributed by atoms with E-state index < -0.39 is 0 Å². The largest absolute Gasteiger partial charge is 0.492 e. The minimum absolute atomic E-state index is 0.0883. The number of para-hydroxylation sites is 2. The standard InChI is InChI=1S/C23H26N2O3S/c1-3-27-19-10-6-5-9-18(19)25-22(26)21-17-8-4-7-11-20(17)29-23(21)24-14-16-13-12-15(2)28-16/h5-6,9-10,12-13,24H,3-4,7-8,11,14H2,1-2H3,(H,25,26). The van der Waals surface area contributed by atoms with Gasteiger partial charge in [-0.05, 0) is 69.4 Å². The molecular weight excluding hydrogens is 384 g/mol. The predicted octanol–water partition coefficient (Wildman–Crippen LogP) is 5.79. The molecular formula is C23H26N2O3S. The summed E-state index contributed by atoms with van der Waals surface area (Å²) in [5.74, 6) is 2.35. The molecule has 152 valence electrons. The first-order valence-electron chi connectivity index (χ1n) is 10.1. The molecule has 1 aromatic carbocycles. The van der Waals surface area contributed by atoms with Crippen LogP contribution in [0.2, 0.25) is 0 Å². The number of ether oxygens (including phenoxy) is 1. The van der Waals surface area contributed by atoms with Crippen LogP contribution in [0, 0.1) is 6.92 Å². The summed E-state index contributed by atoms with van der Waals surface area (Å²) in [6.07, 6.45) is 4.29. The van der Waals surface area contributed by atoms with E-state index in [1.807, 2.05) is 50.2 Å². The molecule has 3 aromatic rings. The molecule has 5 nitrogen and oxygen atoms in total. The van der Waals surface area contributed by atoms with Crippen LogP contribution in [0.15, 0.2) is 40.8 Å². The minimum atomic E-state index is -0.0883. The van der Waals surface area contributed by atoms with E-state index >= 15 is 0 Å². The van der Waals surface area contributed by atoms with Crippen LogP contribution in [-0.4, -0.2) is 12.5 Å². The number of thiophene rings is 1. The molecule has 0 saturated carbocycles. The number of hydrogen-bond donors (Lipinski definition) is 2. The van der Waals surface area contributed by atoms with Crippen molar-refractivity contribution in [1.82, 2.24) is 0 Å². The van der Waals surface area contributed by atoms with Crippen LogP contribution in [0.3, 0.4) is 0 Å². The van der Waals surface area contributed by atoms with E-state index in [1.54, 1.807) is 11.3 Å². The fraction of sp³-hybridized carbons (Fsp3) is 0.348. The van der Waals surface area contributed by atoms with Crippen LogP contribution in [0.1, 0.15) is 52.1 Å². The molecule has 0 fully saturated rings. The highest BCUT2D eigenvalue weighted by Crippen LogP contribution is 2.39. The van der Waals surface area contributed by atoms with E-state index in [-0.39, 0.29) is 5.91 Å². The third-order valence-electron chi connectivity index (χ3n) is 5.05. The molecule has 0 atom stereocenters. The summed E-state index contributed by atoms with van der Waals surface area (Å²) < 4.78 is 11.3. The number of amides is 1. The second-order valence-corrected chi connectivity index (χ2v) is 8.27. The Morgan fingerprint density at radius 2 is 2.00 bits per heavy atom. The highest BCUT2D eigenvalue weighted by Gasteiger charge is 2.26. The molecule has 2 aromatic heterocycles. The van der Waals surface area contributed by atoms with Crippen molar-refractivity contribution in [2.24, 2.45) is 0 Å². The zero-order valence-electron chi connectivity index (χ0n) is 16.8. The lowest BCUT2D eigenvalue weighted by atomic mass is 9.95. The van der Waals surface area contributed by atoms with Crippen LogP contribution >= 0.6 is 11.3 Å². The van der Waals surface area contributed by atoms with Gasteiger partial charge in [0.2, 0.25) is 0 Å². The average molecular weight is 411 g/mol. The molecule has 2 heterocycles. The Hall–Kier alpha value is -2.73. The number of anilines is 2. The zero-order chi connectivity index (χ0) is 20.2. The average Bonchev–Trinajstić information content (AvgIpc) is 3.31. The smallest absolute Gasteiger partial charge is 0.259 e. The molecule has 6 heteroatoms. The third kappa shape index (κ3) is 4.32. The number of hydrogen-bond acceptors (Lipinski definition) is 5. The van der Waals surface area contributed by atoms with E-state index in [2.05, 4.69) is 10.6 Å². The highest BCUT2D eigenvalue weighted by molar-refractivity contribution is 7.16. The van der Waals surface area contributed by atoms with Gasteiger partial charge in [-0.3, -0.25) is 4.79 Å². The highest BCUT2D eigenvalue weighted by atomic mass is 32.1. The van der Waals surface area contributed by atoms with Crippen molar-refractivity contribution >= 4 is 27.9 Å². The van der Waals surface area contributed by atoms with Crippen molar-refractivity contribution in [3.63, 3.8) is 0 Å². The molecule has 0 unspecified atom stereocenters. The van der Waals surface area contributed by atoms with Gasteiger partial charge in [0.1, 0.15) is 22.3 Å². The number of rotatable bonds is 7. The summed E-state index contributed by atoms with van der Waals surface area (Å²) in [5, 5.41) is 7.42. The summed E-state index contributed by atoms with van der Waals surface area (Å²) in [4.78, 5) is 14.6. The SMILES string of the molecule is CCOc1ccccc1NC(=O)c1c(NCc2ccc(C)o2)sc2c1CCCC2. The van der Waals surface area contributed by atoms with Gasteiger partial charge in [-0.15, -0.1) is 11.3 Å². The molecule has 29 heavy (non-hydrogen) atoms. The fourth-order valence-corrected chi connectivity index (χ4v) is 5.00. The topological polar surface area (TPSA) is 63.5 Å². The van der Waals surface area contributed by atoms with Gasteiger partial charge >= 0.3 is 0 Å². The van der Waals surface area contributed by atoms with E-state index in [0.717, 1.165) is 41.3 Å². The Bertz CT molecular complexity index is 1010. The first-order valence-corrected chi connectivity index (χ1v) is 10.9. The lowest BCUT2D eigenvalue weighted by Crippen LogP contribution is -2.17. The summed E-state index contributed by atoms with van der Waals surface area (Å²) in [6, 6.07) is 11.5. The maximum Gasteiger partial charge on any atom is 0.259 e. The van der Waals surface area contributed by atoms with Gasteiger partial charge in [-0.2, -0.15) is 0 Å². The molecule has 0 aliphatic heterocycles. The van der Waals surface area contributed by atoms with Gasteiger partial charge in [-0.1, -0.05) is 12.1 Å². The van der Waals surface area contributed by atoms with Crippen LogP contribution in [-0.2, 0) is 19.4 Å². The van der Waals surface area contributed by atoms with Crippen LogP contribution in [0.5, 0.6) is 5.75 Å². The zero-order valence-corrected chi connectivity index (χ0v) is 17.7. The third-order valence-corrected chi connectivity index (χ3v) is 6.30. The molecule has 0 bridgehead atoms. The second-order valence-electron chi connectivity index (χ2n) is 7.16. The molecule has 0 radical (unpaired) electrons. The number of furan rings is 1. The van der Waals surface area contributed by atoms with Crippen molar-refractivity contribution in [3.8, 4) is 5.75 Å². The Labute approximate surface area is 175 Å². The van der Waals surface area contributed by atoms with Gasteiger partial charge in [0, 0.05) is 4.88 Å². The maximum absolute atomic E-state index is 13.3. The minimum Gasteiger partial charge on any atom is -0.492 e. The molecule has 2 N–H and O–H groups in total. The number of nitrogens with one attached hydrogen (secondary N) is 2. The maximum atomic E-state index is 13.3. The summed E-state index contributed by atoms with van der Waals surface area (Å²) in [5.41, 5.74) is 2.65. The summed E-state index contributed by atoms with van der Waals surface area (Å²) >= 11 is 1.70. The number of aryl methyl sites for hydroxylation is 2. The number of carbonyl (C=O) groups is 1. The van der Waals surface area contributed by atoms with Crippen molar-refractivity contribution in [3.05, 3.63) is 63.9 Å². The van der Waals surface area contributed by atoms with Gasteiger partial charge in [-0.25, -0.2) is 0 Å². The monoisotopic (exact) mass is 410 g/mol. The molecule has 1 amide bonds. The second kappa shape index (κ2) is 8.74. The van der Waals surface area contributed by atoms with Crippen molar-refractivity contribution in [2.75, 3.05) is 17.2 Å². The Morgan fingerprint density at radius 3 is 2.79 bits per heavy atom. The molecule has 0 saturated heterocycles. The van der Waals surface area contributed by atoms with Gasteiger partial charge in [0.15, 0.2) is 0 Å². The van der Waals surface area contributed by atoms with Crippen LogP contribution in [0.25, 0.3) is 0 Å². The van der Waals surface area contributed by atoms with Crippen LogP contribution < -0.4 is 15.4 Å². The van der Waals surface area contributed by atoms with E-state index in [9.17, 15) is 4.79 Å². The normalized spacial score (nSPS) is 13.0. The quantitative estimate of drug-likeness (QED) is 0.517. The molecule has 0 spiro atoms. The Morgan fingerprint density at radius 1 is 1.17 bits per heavy atom. The number of carbonyl (C=O) groups excluding carboxylic acids is 1. The summed E-state index contributed by atoms with van der Waals surface area (Å²) in [6.45, 7) is 4.98. The van der Waals surface area contributed by atoms with E-state index in [1.165, 1.54) is 16.9 Å². The predicted molar refractivity (Wildman–Crippen MR) is 117 cm³/mol. The van der Waals surface area contributed by atoms with Crippen molar-refractivity contribution in [1.29, 1.82) is 0 Å². The number of benzene rings is 1. The lowest BCUT2D eigenvalue weighted by Gasteiger charge is -2.15. The van der Waals surface area contributed by atoms with Gasteiger partial charge in [0.05, 0.1) is 24.4 Å².